The number of pyridine rings is 1. The van der Waals surface area contributed by atoms with Crippen LogP contribution < -0.4 is 22.1 Å². The zero-order valence-corrected chi connectivity index (χ0v) is 18.2. The van der Waals surface area contributed by atoms with Gasteiger partial charge in [-0.3, -0.25) is 23.5 Å². The van der Waals surface area contributed by atoms with E-state index in [4.69, 9.17) is 4.74 Å². The molecular formula is C20H24N6O7. The second-order valence-corrected chi connectivity index (χ2v) is 8.09. The van der Waals surface area contributed by atoms with Gasteiger partial charge in [0.05, 0.1) is 25.5 Å². The van der Waals surface area contributed by atoms with Crippen LogP contribution in [-0.2, 0) is 25.4 Å². The summed E-state index contributed by atoms with van der Waals surface area (Å²) < 4.78 is 9.37. The highest BCUT2D eigenvalue weighted by atomic mass is 16.5. The Hall–Kier alpha value is -3.55. The molecule has 0 aliphatic carbocycles. The maximum absolute atomic E-state index is 12.5. The molecule has 1 amide bonds. The second-order valence-electron chi connectivity index (χ2n) is 8.09. The predicted molar refractivity (Wildman–Crippen MR) is 115 cm³/mol. The Kier molecular flexibility index (Phi) is 5.78. The first-order chi connectivity index (χ1) is 15.6. The molecule has 13 nitrogen and oxygen atoms in total. The lowest BCUT2D eigenvalue weighted by Gasteiger charge is -2.38. The van der Waals surface area contributed by atoms with Crippen molar-refractivity contribution in [1.29, 1.82) is 0 Å². The van der Waals surface area contributed by atoms with Crippen LogP contribution in [0.25, 0.3) is 11.2 Å². The minimum absolute atomic E-state index is 0.00648. The van der Waals surface area contributed by atoms with E-state index in [2.05, 4.69) is 15.3 Å². The molecule has 0 radical (unpaired) electrons. The number of carbonyl (C=O) groups excluding carboxylic acids is 1. The van der Waals surface area contributed by atoms with Crippen molar-refractivity contribution >= 4 is 17.1 Å². The SMILES string of the molecule is Cc1ccc(C(=O)N[C@@H]2CO[C@H](Cn3cnc4c(=O)n(C)c(=O)n(C)c43)[C@@H](O)[C@H]2O)c(=O)[nH]1. The minimum atomic E-state index is -1.40. The van der Waals surface area contributed by atoms with Crippen molar-refractivity contribution in [2.24, 2.45) is 14.1 Å². The minimum Gasteiger partial charge on any atom is -0.388 e. The number of rotatable bonds is 4. The van der Waals surface area contributed by atoms with Gasteiger partial charge in [-0.25, -0.2) is 9.78 Å². The van der Waals surface area contributed by atoms with Gasteiger partial charge in [-0.05, 0) is 19.1 Å². The lowest BCUT2D eigenvalue weighted by molar-refractivity contribution is -0.152. The van der Waals surface area contributed by atoms with E-state index in [-0.39, 0.29) is 29.9 Å². The number of hydrogen-bond acceptors (Lipinski definition) is 8. The number of imidazole rings is 1. The Balaban J connectivity index is 1.51. The summed E-state index contributed by atoms with van der Waals surface area (Å²) >= 11 is 0. The molecule has 1 aliphatic rings. The maximum Gasteiger partial charge on any atom is 0.332 e. The Morgan fingerprint density at radius 1 is 1.21 bits per heavy atom. The van der Waals surface area contributed by atoms with Crippen molar-refractivity contribution in [3.05, 3.63) is 60.9 Å². The molecule has 3 aromatic rings. The van der Waals surface area contributed by atoms with Crippen molar-refractivity contribution < 1.29 is 19.7 Å². The molecule has 4 heterocycles. The summed E-state index contributed by atoms with van der Waals surface area (Å²) in [5.41, 5.74) is -0.851. The molecule has 0 spiro atoms. The monoisotopic (exact) mass is 460 g/mol. The molecule has 0 unspecified atom stereocenters. The van der Waals surface area contributed by atoms with Crippen LogP contribution in [0.5, 0.6) is 0 Å². The molecule has 4 rings (SSSR count). The maximum atomic E-state index is 12.5. The first-order valence-electron chi connectivity index (χ1n) is 10.2. The van der Waals surface area contributed by atoms with Gasteiger partial charge in [-0.2, -0.15) is 0 Å². The first kappa shape index (κ1) is 22.6. The summed E-state index contributed by atoms with van der Waals surface area (Å²) in [7, 11) is 2.85. The molecule has 176 valence electrons. The number of carbonyl (C=O) groups is 1. The number of aliphatic hydroxyl groups is 2. The number of fused-ring (bicyclic) bond motifs is 1. The molecule has 0 bridgehead atoms. The largest absolute Gasteiger partial charge is 0.388 e. The van der Waals surface area contributed by atoms with Gasteiger partial charge in [0.15, 0.2) is 5.52 Å². The highest BCUT2D eigenvalue weighted by molar-refractivity contribution is 5.94. The summed E-state index contributed by atoms with van der Waals surface area (Å²) in [6, 6.07) is 1.99. The Morgan fingerprint density at radius 2 is 1.94 bits per heavy atom. The number of aliphatic hydroxyl groups excluding tert-OH is 2. The molecular weight excluding hydrogens is 436 g/mol. The molecule has 1 aliphatic heterocycles. The van der Waals surface area contributed by atoms with E-state index in [0.717, 1.165) is 4.57 Å². The summed E-state index contributed by atoms with van der Waals surface area (Å²) in [5, 5.41) is 23.7. The molecule has 33 heavy (non-hydrogen) atoms. The third-order valence-electron chi connectivity index (χ3n) is 5.83. The van der Waals surface area contributed by atoms with Crippen LogP contribution in [0.4, 0.5) is 0 Å². The molecule has 3 aromatic heterocycles. The number of aromatic nitrogens is 5. The van der Waals surface area contributed by atoms with Crippen LogP contribution in [0.2, 0.25) is 0 Å². The van der Waals surface area contributed by atoms with Gasteiger partial charge in [0.1, 0.15) is 29.5 Å². The number of nitrogens with zero attached hydrogens (tertiary/aromatic N) is 4. The number of nitrogens with one attached hydrogen (secondary N) is 2. The van der Waals surface area contributed by atoms with E-state index in [0.29, 0.717) is 5.69 Å². The number of aryl methyl sites for hydroxylation is 2. The Bertz CT molecular complexity index is 1400. The van der Waals surface area contributed by atoms with Gasteiger partial charge in [-0.1, -0.05) is 0 Å². The number of hydrogen-bond donors (Lipinski definition) is 4. The molecule has 1 fully saturated rings. The quantitative estimate of drug-likeness (QED) is 0.327. The smallest absolute Gasteiger partial charge is 0.332 e. The van der Waals surface area contributed by atoms with Gasteiger partial charge in [0.25, 0.3) is 17.0 Å². The molecule has 0 saturated carbocycles. The second kappa shape index (κ2) is 8.42. The van der Waals surface area contributed by atoms with E-state index >= 15 is 0 Å². The molecule has 1 saturated heterocycles. The molecule has 0 aromatic carbocycles. The zero-order chi connectivity index (χ0) is 24.0. The number of ether oxygens (including phenoxy) is 1. The normalized spacial score (nSPS) is 23.1. The lowest BCUT2D eigenvalue weighted by atomic mass is 9.97. The number of H-pyrrole nitrogens is 1. The van der Waals surface area contributed by atoms with Gasteiger partial charge < -0.3 is 29.8 Å². The first-order valence-corrected chi connectivity index (χ1v) is 10.2. The lowest BCUT2D eigenvalue weighted by Crippen LogP contribution is -2.60. The van der Waals surface area contributed by atoms with E-state index in [1.807, 2.05) is 0 Å². The third-order valence-corrected chi connectivity index (χ3v) is 5.83. The number of aromatic amines is 1. The van der Waals surface area contributed by atoms with Crippen LogP contribution in [-0.4, -0.2) is 70.8 Å². The molecule has 4 N–H and O–H groups in total. The Morgan fingerprint density at radius 3 is 2.64 bits per heavy atom. The van der Waals surface area contributed by atoms with E-state index in [1.165, 1.54) is 35.6 Å². The van der Waals surface area contributed by atoms with Crippen LogP contribution in [0.15, 0.2) is 32.8 Å². The van der Waals surface area contributed by atoms with Crippen LogP contribution in [0.1, 0.15) is 16.1 Å². The highest BCUT2D eigenvalue weighted by Crippen LogP contribution is 2.19. The van der Waals surface area contributed by atoms with Crippen molar-refractivity contribution in [3.8, 4) is 0 Å². The van der Waals surface area contributed by atoms with Crippen LogP contribution in [0.3, 0.4) is 0 Å². The van der Waals surface area contributed by atoms with E-state index < -0.39 is 47.1 Å². The summed E-state index contributed by atoms with van der Waals surface area (Å²) in [6.45, 7) is 1.54. The van der Waals surface area contributed by atoms with Crippen molar-refractivity contribution in [1.82, 2.24) is 29.0 Å². The standard InChI is InChI=1S/C20H24N6O7/c1-9-4-5-10(16(29)22-9)17(30)23-11-7-33-12(15(28)14(11)27)6-26-8-21-13-18(26)24(2)20(32)25(3)19(13)31/h4-5,8,11-12,14-15,27-28H,6-7H2,1-3H3,(H,22,29)(H,23,30)/t11-,12-,14+,15-/m1/s1. The van der Waals surface area contributed by atoms with Crippen LogP contribution in [0, 0.1) is 6.92 Å². The van der Waals surface area contributed by atoms with Crippen molar-refractivity contribution in [3.63, 3.8) is 0 Å². The molecule has 4 atom stereocenters. The predicted octanol–water partition coefficient (Wildman–Crippen LogP) is -2.65. The fourth-order valence-electron chi connectivity index (χ4n) is 3.93. The van der Waals surface area contributed by atoms with Gasteiger partial charge in [0, 0.05) is 19.8 Å². The summed E-state index contributed by atoms with van der Waals surface area (Å²) in [4.78, 5) is 55.6. The topological polar surface area (TPSA) is 173 Å². The average molecular weight is 460 g/mol. The summed E-state index contributed by atoms with van der Waals surface area (Å²) in [5.74, 6) is -0.707. The van der Waals surface area contributed by atoms with E-state index in [1.54, 1.807) is 13.0 Å². The third kappa shape index (κ3) is 3.90. The van der Waals surface area contributed by atoms with Crippen LogP contribution >= 0.6 is 0 Å². The fourth-order valence-corrected chi connectivity index (χ4v) is 3.93. The van der Waals surface area contributed by atoms with Crippen molar-refractivity contribution in [2.75, 3.05) is 6.61 Å². The number of amides is 1. The van der Waals surface area contributed by atoms with Crippen molar-refractivity contribution in [2.45, 2.75) is 37.8 Å². The summed E-state index contributed by atoms with van der Waals surface area (Å²) in [6.07, 6.45) is -2.34. The highest BCUT2D eigenvalue weighted by Gasteiger charge is 2.39. The Labute approximate surface area is 185 Å². The molecule has 13 heteroatoms. The zero-order valence-electron chi connectivity index (χ0n) is 18.2. The van der Waals surface area contributed by atoms with Gasteiger partial charge in [-0.15, -0.1) is 0 Å². The van der Waals surface area contributed by atoms with E-state index in [9.17, 15) is 29.4 Å². The van der Waals surface area contributed by atoms with Gasteiger partial charge in [0.2, 0.25) is 0 Å². The van der Waals surface area contributed by atoms with Gasteiger partial charge >= 0.3 is 5.69 Å². The average Bonchev–Trinajstić information content (AvgIpc) is 3.19. The fraction of sp³-hybridized carbons (Fsp3) is 0.450.